The molecule has 0 rings (SSSR count). The average Bonchev–Trinajstić information content (AvgIpc) is 2.36. The SMILES string of the molecule is CCOC(=O)C(N)C=C(CCCCCCN)CP(=O)(O)O. The van der Waals surface area contributed by atoms with Crippen LogP contribution in [0, 0.1) is 0 Å². The second-order valence-electron chi connectivity index (χ2n) is 4.88. The summed E-state index contributed by atoms with van der Waals surface area (Å²) in [5.74, 6) is -0.594. The predicted octanol–water partition coefficient (Wildman–Crippen LogP) is 0.890. The summed E-state index contributed by atoms with van der Waals surface area (Å²) >= 11 is 0. The highest BCUT2D eigenvalue weighted by Crippen LogP contribution is 2.38. The summed E-state index contributed by atoms with van der Waals surface area (Å²) in [6.45, 7) is 2.52. The number of hydrogen-bond acceptors (Lipinski definition) is 5. The van der Waals surface area contributed by atoms with Crippen molar-refractivity contribution in [2.45, 2.75) is 45.1 Å². The minimum Gasteiger partial charge on any atom is -0.465 e. The van der Waals surface area contributed by atoms with Crippen LogP contribution in [0.4, 0.5) is 0 Å². The first-order valence-corrected chi connectivity index (χ1v) is 8.96. The molecule has 0 bridgehead atoms. The largest absolute Gasteiger partial charge is 0.465 e. The highest BCUT2D eigenvalue weighted by atomic mass is 31.2. The maximum Gasteiger partial charge on any atom is 0.329 e. The summed E-state index contributed by atoms with van der Waals surface area (Å²) in [6, 6.07) is -0.990. The normalized spacial score (nSPS) is 14.0. The molecule has 21 heavy (non-hydrogen) atoms. The summed E-state index contributed by atoms with van der Waals surface area (Å²) in [7, 11) is -4.18. The van der Waals surface area contributed by atoms with Gasteiger partial charge in [0.25, 0.3) is 0 Å². The second-order valence-corrected chi connectivity index (χ2v) is 6.52. The Balaban J connectivity index is 4.57. The highest BCUT2D eigenvalue weighted by Gasteiger charge is 2.19. The van der Waals surface area contributed by atoms with Gasteiger partial charge in [0.1, 0.15) is 6.04 Å². The van der Waals surface area contributed by atoms with Gasteiger partial charge in [-0.2, -0.15) is 0 Å². The number of carbonyl (C=O) groups is 1. The first-order chi connectivity index (χ1) is 9.80. The summed E-state index contributed by atoms with van der Waals surface area (Å²) in [4.78, 5) is 29.6. The third kappa shape index (κ3) is 11.6. The highest BCUT2D eigenvalue weighted by molar-refractivity contribution is 7.52. The Morgan fingerprint density at radius 3 is 2.43 bits per heavy atom. The molecule has 6 N–H and O–H groups in total. The van der Waals surface area contributed by atoms with E-state index in [-0.39, 0.29) is 12.8 Å². The van der Waals surface area contributed by atoms with E-state index < -0.39 is 19.6 Å². The van der Waals surface area contributed by atoms with Gasteiger partial charge in [-0.15, -0.1) is 0 Å². The van der Waals surface area contributed by atoms with Crippen LogP contribution in [0.5, 0.6) is 0 Å². The van der Waals surface area contributed by atoms with Gasteiger partial charge in [0.15, 0.2) is 0 Å². The quantitative estimate of drug-likeness (QED) is 0.192. The number of ether oxygens (including phenoxy) is 1. The molecule has 124 valence electrons. The van der Waals surface area contributed by atoms with Gasteiger partial charge in [-0.3, -0.25) is 9.36 Å². The van der Waals surface area contributed by atoms with E-state index >= 15 is 0 Å². The molecular formula is C13H27N2O5P. The lowest BCUT2D eigenvalue weighted by atomic mass is 10.1. The Kier molecular flexibility index (Phi) is 10.6. The topological polar surface area (TPSA) is 136 Å². The molecule has 0 aliphatic carbocycles. The fraction of sp³-hybridized carbons (Fsp3) is 0.769. The Labute approximate surface area is 125 Å². The molecule has 8 heteroatoms. The molecule has 0 aromatic heterocycles. The van der Waals surface area contributed by atoms with E-state index in [0.717, 1.165) is 25.7 Å². The zero-order chi connectivity index (χ0) is 16.3. The molecule has 0 saturated carbocycles. The third-order valence-corrected chi connectivity index (χ3v) is 3.65. The molecule has 0 aromatic carbocycles. The lowest BCUT2D eigenvalue weighted by Gasteiger charge is -2.12. The minimum atomic E-state index is -4.18. The Morgan fingerprint density at radius 2 is 1.90 bits per heavy atom. The van der Waals surface area contributed by atoms with Crippen molar-refractivity contribution >= 4 is 13.6 Å². The van der Waals surface area contributed by atoms with Crippen molar-refractivity contribution in [1.29, 1.82) is 0 Å². The summed E-state index contributed by atoms with van der Waals surface area (Å²) < 4.78 is 15.9. The zero-order valence-electron chi connectivity index (χ0n) is 12.5. The van der Waals surface area contributed by atoms with Gasteiger partial charge in [-0.1, -0.05) is 24.5 Å². The van der Waals surface area contributed by atoms with E-state index in [2.05, 4.69) is 0 Å². The van der Waals surface area contributed by atoms with Crippen molar-refractivity contribution in [2.24, 2.45) is 11.5 Å². The lowest BCUT2D eigenvalue weighted by Crippen LogP contribution is -2.30. The molecule has 0 radical (unpaired) electrons. The molecule has 0 aromatic rings. The van der Waals surface area contributed by atoms with E-state index in [0.29, 0.717) is 18.5 Å². The zero-order valence-corrected chi connectivity index (χ0v) is 13.4. The van der Waals surface area contributed by atoms with E-state index in [1.165, 1.54) is 6.08 Å². The minimum absolute atomic E-state index is 0.216. The van der Waals surface area contributed by atoms with Crippen molar-refractivity contribution in [3.63, 3.8) is 0 Å². The number of nitrogens with two attached hydrogens (primary N) is 2. The monoisotopic (exact) mass is 322 g/mol. The van der Waals surface area contributed by atoms with Crippen LogP contribution in [0.15, 0.2) is 11.6 Å². The standard InChI is InChI=1S/C13H27N2O5P/c1-2-20-13(16)12(15)9-11(10-21(17,18)19)7-5-3-4-6-8-14/h9,12H,2-8,10,14-15H2,1H3,(H2,17,18,19). The van der Waals surface area contributed by atoms with Crippen LogP contribution in [0.2, 0.25) is 0 Å². The van der Waals surface area contributed by atoms with E-state index in [4.69, 9.17) is 26.0 Å². The molecule has 0 fully saturated rings. The Bertz CT molecular complexity index is 381. The molecule has 0 aliphatic heterocycles. The van der Waals surface area contributed by atoms with Gasteiger partial charge in [0.2, 0.25) is 0 Å². The van der Waals surface area contributed by atoms with E-state index in [1.54, 1.807) is 6.92 Å². The van der Waals surface area contributed by atoms with Gasteiger partial charge in [0.05, 0.1) is 12.8 Å². The predicted molar refractivity (Wildman–Crippen MR) is 81.7 cm³/mol. The van der Waals surface area contributed by atoms with Gasteiger partial charge < -0.3 is 26.0 Å². The number of rotatable bonds is 11. The summed E-state index contributed by atoms with van der Waals surface area (Å²) in [6.07, 6.45) is 5.13. The number of unbranched alkanes of at least 4 members (excludes halogenated alkanes) is 3. The molecule has 1 unspecified atom stereocenters. The fourth-order valence-corrected chi connectivity index (χ4v) is 2.68. The number of carbonyl (C=O) groups excluding carboxylic acids is 1. The Hall–Kier alpha value is -0.720. The average molecular weight is 322 g/mol. The van der Waals surface area contributed by atoms with Crippen LogP contribution in [0.1, 0.15) is 39.0 Å². The van der Waals surface area contributed by atoms with Crippen LogP contribution < -0.4 is 11.5 Å². The molecule has 0 amide bonds. The summed E-state index contributed by atoms with van der Waals surface area (Å²) in [5.41, 5.74) is 11.6. The van der Waals surface area contributed by atoms with Crippen molar-refractivity contribution < 1.29 is 23.9 Å². The molecule has 1 atom stereocenters. The first kappa shape index (κ1) is 20.3. The van der Waals surface area contributed by atoms with Crippen LogP contribution in [0.3, 0.4) is 0 Å². The van der Waals surface area contributed by atoms with Crippen LogP contribution in [-0.4, -0.2) is 41.1 Å². The third-order valence-electron chi connectivity index (χ3n) is 2.84. The van der Waals surface area contributed by atoms with E-state index in [9.17, 15) is 9.36 Å². The van der Waals surface area contributed by atoms with Crippen LogP contribution in [0.25, 0.3) is 0 Å². The summed E-state index contributed by atoms with van der Waals surface area (Å²) in [5, 5.41) is 0. The lowest BCUT2D eigenvalue weighted by molar-refractivity contribution is -0.143. The van der Waals surface area contributed by atoms with E-state index in [1.807, 2.05) is 0 Å². The van der Waals surface area contributed by atoms with Crippen LogP contribution >= 0.6 is 7.60 Å². The molecule has 7 nitrogen and oxygen atoms in total. The Morgan fingerprint density at radius 1 is 1.29 bits per heavy atom. The smallest absolute Gasteiger partial charge is 0.329 e. The maximum atomic E-state index is 11.5. The molecule has 0 aliphatic rings. The molecule has 0 heterocycles. The second kappa shape index (κ2) is 10.9. The van der Waals surface area contributed by atoms with Gasteiger partial charge in [0, 0.05) is 0 Å². The number of allylic oxidation sites excluding steroid dienone is 1. The molecule has 0 saturated heterocycles. The van der Waals surface area contributed by atoms with Gasteiger partial charge in [-0.25, -0.2) is 0 Å². The fourth-order valence-electron chi connectivity index (χ4n) is 1.89. The van der Waals surface area contributed by atoms with Crippen molar-refractivity contribution in [3.8, 4) is 0 Å². The number of hydrogen-bond donors (Lipinski definition) is 4. The first-order valence-electron chi connectivity index (χ1n) is 7.16. The molecule has 0 spiro atoms. The number of esters is 1. The van der Waals surface area contributed by atoms with Crippen LogP contribution in [-0.2, 0) is 14.1 Å². The van der Waals surface area contributed by atoms with Crippen molar-refractivity contribution in [3.05, 3.63) is 11.6 Å². The van der Waals surface area contributed by atoms with Crippen molar-refractivity contribution in [2.75, 3.05) is 19.3 Å². The molecular weight excluding hydrogens is 295 g/mol. The van der Waals surface area contributed by atoms with Gasteiger partial charge in [-0.05, 0) is 32.7 Å². The maximum absolute atomic E-state index is 11.5. The van der Waals surface area contributed by atoms with Crippen molar-refractivity contribution in [1.82, 2.24) is 0 Å². The van der Waals surface area contributed by atoms with Gasteiger partial charge >= 0.3 is 13.6 Å².